The smallest absolute Gasteiger partial charge is 0.241 e. The number of amides is 1. The maximum absolute atomic E-state index is 12.8. The number of carbonyl (C=O) groups excluding carboxylic acids is 1. The topological polar surface area (TPSA) is 71.3 Å². The molecule has 6 nitrogen and oxygen atoms in total. The van der Waals surface area contributed by atoms with E-state index in [1.165, 1.54) is 6.07 Å². The molecule has 1 fully saturated rings. The Bertz CT molecular complexity index is 1090. The summed E-state index contributed by atoms with van der Waals surface area (Å²) in [7, 11) is 0. The van der Waals surface area contributed by atoms with E-state index >= 15 is 0 Å². The summed E-state index contributed by atoms with van der Waals surface area (Å²) in [6.45, 7) is 1.93. The van der Waals surface area contributed by atoms with Crippen molar-refractivity contribution in [1.82, 2.24) is 15.0 Å². The second kappa shape index (κ2) is 9.88. The zero-order valence-corrected chi connectivity index (χ0v) is 20.1. The minimum Gasteiger partial charge on any atom is -0.338 e. The number of nitrogens with one attached hydrogen (secondary N) is 1. The fourth-order valence-corrected chi connectivity index (χ4v) is 4.35. The quantitative estimate of drug-likeness (QED) is 0.381. The largest absolute Gasteiger partial charge is 0.338 e. The van der Waals surface area contributed by atoms with Gasteiger partial charge in [0, 0.05) is 16.6 Å². The number of carbonyl (C=O) groups is 1. The molecule has 31 heavy (non-hydrogen) atoms. The maximum atomic E-state index is 12.8. The van der Waals surface area contributed by atoms with Gasteiger partial charge in [-0.3, -0.25) is 9.69 Å². The number of benzene rings is 2. The van der Waals surface area contributed by atoms with Crippen LogP contribution in [0, 0.1) is 5.92 Å². The second-order valence-corrected chi connectivity index (χ2v) is 9.47. The molecule has 2 heterocycles. The summed E-state index contributed by atoms with van der Waals surface area (Å²) in [5.74, 6) is 0.772. The summed E-state index contributed by atoms with van der Waals surface area (Å²) in [5.41, 5.74) is 1.34. The molecule has 0 saturated carbocycles. The third-order valence-electron chi connectivity index (χ3n) is 5.07. The van der Waals surface area contributed by atoms with Crippen LogP contribution in [0.25, 0.3) is 11.4 Å². The van der Waals surface area contributed by atoms with Crippen molar-refractivity contribution >= 4 is 62.3 Å². The highest BCUT2D eigenvalue weighted by atomic mass is 79.9. The van der Waals surface area contributed by atoms with Crippen molar-refractivity contribution in [1.29, 1.82) is 0 Å². The van der Waals surface area contributed by atoms with E-state index in [0.717, 1.165) is 29.4 Å². The first-order valence-corrected chi connectivity index (χ1v) is 11.6. The van der Waals surface area contributed by atoms with E-state index in [4.69, 9.17) is 39.3 Å². The summed E-state index contributed by atoms with van der Waals surface area (Å²) in [6, 6.07) is 10.8. The van der Waals surface area contributed by atoms with Crippen LogP contribution >= 0.6 is 50.7 Å². The van der Waals surface area contributed by atoms with Crippen LogP contribution in [-0.2, 0) is 11.3 Å². The summed E-state index contributed by atoms with van der Waals surface area (Å²) < 4.78 is 6.41. The lowest BCUT2D eigenvalue weighted by atomic mass is 9.97. The van der Waals surface area contributed by atoms with Gasteiger partial charge in [-0.2, -0.15) is 4.98 Å². The van der Waals surface area contributed by atoms with Gasteiger partial charge in [-0.1, -0.05) is 55.9 Å². The van der Waals surface area contributed by atoms with Crippen molar-refractivity contribution in [3.63, 3.8) is 0 Å². The van der Waals surface area contributed by atoms with E-state index in [1.807, 2.05) is 24.3 Å². The Morgan fingerprint density at radius 1 is 1.16 bits per heavy atom. The van der Waals surface area contributed by atoms with Crippen molar-refractivity contribution in [2.24, 2.45) is 5.92 Å². The summed E-state index contributed by atoms with van der Waals surface area (Å²) in [4.78, 5) is 19.4. The van der Waals surface area contributed by atoms with Gasteiger partial charge in [-0.25, -0.2) is 0 Å². The molecule has 0 radical (unpaired) electrons. The van der Waals surface area contributed by atoms with Crippen LogP contribution in [0.2, 0.25) is 15.1 Å². The van der Waals surface area contributed by atoms with Crippen molar-refractivity contribution in [2.45, 2.75) is 19.4 Å². The molecule has 2 aromatic carbocycles. The van der Waals surface area contributed by atoms with Gasteiger partial charge in [0.25, 0.3) is 0 Å². The number of anilines is 1. The Kier molecular flexibility index (Phi) is 7.19. The van der Waals surface area contributed by atoms with Gasteiger partial charge >= 0.3 is 0 Å². The summed E-state index contributed by atoms with van der Waals surface area (Å²) >= 11 is 21.6. The molecule has 0 spiro atoms. The Hall–Kier alpha value is -1.64. The summed E-state index contributed by atoms with van der Waals surface area (Å²) in [6.07, 6.45) is 1.68. The molecule has 4 rings (SSSR count). The first kappa shape index (κ1) is 22.6. The highest BCUT2D eigenvalue weighted by Gasteiger charge is 2.27. The second-order valence-electron chi connectivity index (χ2n) is 7.33. The van der Waals surface area contributed by atoms with Crippen LogP contribution in [-0.4, -0.2) is 34.0 Å². The van der Waals surface area contributed by atoms with Crippen LogP contribution in [0.15, 0.2) is 45.4 Å². The molecule has 0 bridgehead atoms. The molecular weight excluding hydrogens is 527 g/mol. The lowest BCUT2D eigenvalue weighted by Crippen LogP contribution is -2.40. The van der Waals surface area contributed by atoms with Crippen LogP contribution in [0.3, 0.4) is 0 Å². The first-order chi connectivity index (χ1) is 14.9. The maximum Gasteiger partial charge on any atom is 0.241 e. The van der Waals surface area contributed by atoms with Gasteiger partial charge in [0.1, 0.15) is 0 Å². The molecule has 1 unspecified atom stereocenters. The van der Waals surface area contributed by atoms with E-state index in [0.29, 0.717) is 45.6 Å². The number of likely N-dealkylation sites (tertiary alicyclic amines) is 1. The number of hydrogen-bond donors (Lipinski definition) is 1. The number of piperidine rings is 1. The molecular formula is C21H18BrCl3N4O2. The normalized spacial score (nSPS) is 17.0. The van der Waals surface area contributed by atoms with Crippen LogP contribution < -0.4 is 5.32 Å². The molecule has 3 aromatic rings. The molecule has 1 saturated heterocycles. The minimum absolute atomic E-state index is 0.105. The van der Waals surface area contributed by atoms with Crippen molar-refractivity contribution in [3.8, 4) is 11.4 Å². The Morgan fingerprint density at radius 2 is 1.90 bits per heavy atom. The van der Waals surface area contributed by atoms with E-state index in [2.05, 4.69) is 36.3 Å². The Balaban J connectivity index is 1.38. The minimum atomic E-state index is -0.187. The third-order valence-corrected chi connectivity index (χ3v) is 6.64. The van der Waals surface area contributed by atoms with Crippen LogP contribution in [0.5, 0.6) is 0 Å². The van der Waals surface area contributed by atoms with Crippen molar-refractivity contribution in [2.75, 3.05) is 18.4 Å². The van der Waals surface area contributed by atoms with Gasteiger partial charge in [-0.15, -0.1) is 0 Å². The molecule has 162 valence electrons. The predicted octanol–water partition coefficient (Wildman–Crippen LogP) is 6.31. The zero-order chi connectivity index (χ0) is 22.0. The lowest BCUT2D eigenvalue weighted by Gasteiger charge is -2.31. The highest BCUT2D eigenvalue weighted by Crippen LogP contribution is 2.33. The molecule has 1 aliphatic heterocycles. The van der Waals surface area contributed by atoms with Crippen molar-refractivity contribution in [3.05, 3.63) is 61.8 Å². The number of hydrogen-bond acceptors (Lipinski definition) is 5. The molecule has 1 N–H and O–H groups in total. The molecule has 1 aliphatic rings. The number of aromatic nitrogens is 2. The SMILES string of the molecule is O=C(Nc1cc(Cl)c(Cl)cc1Cl)C1CCCN(Cc2nc(-c3ccc(Br)cc3)no2)C1. The number of nitrogens with zero attached hydrogens (tertiary/aromatic N) is 3. The number of rotatable bonds is 5. The zero-order valence-electron chi connectivity index (χ0n) is 16.2. The average molecular weight is 545 g/mol. The van der Waals surface area contributed by atoms with Gasteiger partial charge < -0.3 is 9.84 Å². The average Bonchev–Trinajstić information content (AvgIpc) is 3.21. The molecule has 10 heteroatoms. The van der Waals surface area contributed by atoms with E-state index in [1.54, 1.807) is 6.07 Å². The Morgan fingerprint density at radius 3 is 2.68 bits per heavy atom. The summed E-state index contributed by atoms with van der Waals surface area (Å²) in [5, 5.41) is 7.97. The van der Waals surface area contributed by atoms with Crippen molar-refractivity contribution < 1.29 is 9.32 Å². The third kappa shape index (κ3) is 5.59. The Labute approximate surface area is 203 Å². The molecule has 1 amide bonds. The standard InChI is InChI=1S/C21H18BrCl3N4O2/c22-14-5-3-12(4-6-14)20-27-19(31-28-20)11-29-7-1-2-13(10-29)21(30)26-18-9-16(24)15(23)8-17(18)25/h3-6,8-9,13H,1-2,7,10-11H2,(H,26,30). The first-order valence-electron chi connectivity index (χ1n) is 9.65. The van der Waals surface area contributed by atoms with Crippen LogP contribution in [0.1, 0.15) is 18.7 Å². The van der Waals surface area contributed by atoms with Gasteiger partial charge in [0.15, 0.2) is 0 Å². The molecule has 0 aliphatic carbocycles. The number of halogens is 4. The van der Waals surface area contributed by atoms with E-state index < -0.39 is 0 Å². The lowest BCUT2D eigenvalue weighted by molar-refractivity contribution is -0.121. The van der Waals surface area contributed by atoms with Gasteiger partial charge in [0.05, 0.1) is 33.2 Å². The van der Waals surface area contributed by atoms with E-state index in [-0.39, 0.29) is 11.8 Å². The monoisotopic (exact) mass is 542 g/mol. The molecule has 1 atom stereocenters. The fourth-order valence-electron chi connectivity index (χ4n) is 3.49. The van der Waals surface area contributed by atoms with E-state index in [9.17, 15) is 4.79 Å². The van der Waals surface area contributed by atoms with Crippen LogP contribution in [0.4, 0.5) is 5.69 Å². The van der Waals surface area contributed by atoms with Gasteiger partial charge in [-0.05, 0) is 55.8 Å². The highest BCUT2D eigenvalue weighted by molar-refractivity contribution is 9.10. The fraction of sp³-hybridized carbons (Fsp3) is 0.286. The predicted molar refractivity (Wildman–Crippen MR) is 126 cm³/mol. The van der Waals surface area contributed by atoms with Gasteiger partial charge in [0.2, 0.25) is 17.6 Å². The molecule has 1 aromatic heterocycles.